The monoisotopic (exact) mass is 156 g/mol. The molecule has 0 heterocycles. The van der Waals surface area contributed by atoms with E-state index >= 15 is 0 Å². The van der Waals surface area contributed by atoms with E-state index in [0.29, 0.717) is 0 Å². The van der Waals surface area contributed by atoms with E-state index < -0.39 is 16.7 Å². The van der Waals surface area contributed by atoms with E-state index in [0.717, 1.165) is 14.0 Å². The molecule has 1 atom stereocenters. The van der Waals surface area contributed by atoms with Gasteiger partial charge in [-0.25, -0.2) is 4.18 Å². The van der Waals surface area contributed by atoms with Crippen LogP contribution in [0.15, 0.2) is 0 Å². The minimum absolute atomic E-state index is 0.942. The van der Waals surface area contributed by atoms with Crippen molar-refractivity contribution in [2.75, 3.05) is 7.11 Å². The molecule has 0 aliphatic heterocycles. The Bertz CT molecular complexity index is 157. The molecule has 1 N–H and O–H groups in total. The van der Waals surface area contributed by atoms with Crippen molar-refractivity contribution in [3.05, 3.63) is 0 Å². The number of hydrogen-bond donors (Lipinski definition) is 1. The molecule has 1 unspecified atom stereocenters. The third-order valence-electron chi connectivity index (χ3n) is 0.461. The van der Waals surface area contributed by atoms with Crippen molar-refractivity contribution in [3.8, 4) is 0 Å². The highest BCUT2D eigenvalue weighted by Crippen LogP contribution is 1.95. The Balaban J connectivity index is 3.90. The predicted molar refractivity (Wildman–Crippen MR) is 28.7 cm³/mol. The summed E-state index contributed by atoms with van der Waals surface area (Å²) >= 11 is 0. The fraction of sp³-hybridized carbons (Fsp3) is 1.00. The van der Waals surface area contributed by atoms with Crippen LogP contribution in [0.5, 0.6) is 0 Å². The first-order chi connectivity index (χ1) is 3.98. The van der Waals surface area contributed by atoms with Crippen LogP contribution in [0.1, 0.15) is 6.92 Å². The lowest BCUT2D eigenvalue weighted by molar-refractivity contribution is -0.00532. The van der Waals surface area contributed by atoms with Gasteiger partial charge in [-0.2, -0.15) is 8.42 Å². The van der Waals surface area contributed by atoms with Crippen LogP contribution >= 0.6 is 0 Å². The maximum atomic E-state index is 10.2. The van der Waals surface area contributed by atoms with Crippen LogP contribution < -0.4 is 0 Å². The molecule has 0 aromatic rings. The third kappa shape index (κ3) is 4.34. The highest BCUT2D eigenvalue weighted by Gasteiger charge is 2.11. The summed E-state index contributed by atoms with van der Waals surface area (Å²) < 4.78 is 28.1. The molecular weight excluding hydrogens is 148 g/mol. The molecular formula is C3H8O5S. The Hall–Kier alpha value is -0.170. The van der Waals surface area contributed by atoms with Gasteiger partial charge in [0.25, 0.3) is 0 Å². The number of hydrogen-bond acceptors (Lipinski definition) is 5. The normalized spacial score (nSPS) is 15.4. The summed E-state index contributed by atoms with van der Waals surface area (Å²) in [5, 5.41) is 8.34. The Morgan fingerprint density at radius 3 is 2.11 bits per heavy atom. The van der Waals surface area contributed by atoms with E-state index in [2.05, 4.69) is 8.37 Å². The smallest absolute Gasteiger partial charge is 0.367 e. The molecule has 0 aromatic heterocycles. The first-order valence-corrected chi connectivity index (χ1v) is 3.48. The topological polar surface area (TPSA) is 72.8 Å². The SMILES string of the molecule is COS(=O)(=O)OC(C)O. The fourth-order valence-corrected chi connectivity index (χ4v) is 0.630. The van der Waals surface area contributed by atoms with Gasteiger partial charge in [0, 0.05) is 0 Å². The Morgan fingerprint density at radius 1 is 1.56 bits per heavy atom. The second kappa shape index (κ2) is 3.11. The van der Waals surface area contributed by atoms with Gasteiger partial charge in [-0.1, -0.05) is 0 Å². The second-order valence-corrected chi connectivity index (χ2v) is 2.61. The van der Waals surface area contributed by atoms with Gasteiger partial charge in [-0.15, -0.1) is 0 Å². The third-order valence-corrected chi connectivity index (χ3v) is 1.38. The van der Waals surface area contributed by atoms with Crippen molar-refractivity contribution in [3.63, 3.8) is 0 Å². The Morgan fingerprint density at radius 2 is 2.00 bits per heavy atom. The lowest BCUT2D eigenvalue weighted by atomic mass is 10.8. The van der Waals surface area contributed by atoms with Crippen LogP contribution in [0.25, 0.3) is 0 Å². The standard InChI is InChI=1S/C3H8O5S/c1-3(4)8-9(5,6)7-2/h3-4H,1-2H3. The molecule has 5 nitrogen and oxygen atoms in total. The summed E-state index contributed by atoms with van der Waals surface area (Å²) in [7, 11) is -3.03. The Kier molecular flexibility index (Phi) is 3.06. The lowest BCUT2D eigenvalue weighted by Gasteiger charge is -2.02. The number of rotatable bonds is 3. The lowest BCUT2D eigenvalue weighted by Crippen LogP contribution is -2.15. The van der Waals surface area contributed by atoms with Crippen LogP contribution in [-0.2, 0) is 18.8 Å². The average Bonchev–Trinajstić information content (AvgIpc) is 1.63. The van der Waals surface area contributed by atoms with Crippen molar-refractivity contribution >= 4 is 10.4 Å². The molecule has 6 heteroatoms. The van der Waals surface area contributed by atoms with Crippen LogP contribution in [0.2, 0.25) is 0 Å². The van der Waals surface area contributed by atoms with Crippen molar-refractivity contribution in [2.24, 2.45) is 0 Å². The van der Waals surface area contributed by atoms with Crippen molar-refractivity contribution in [1.29, 1.82) is 0 Å². The molecule has 0 fully saturated rings. The second-order valence-electron chi connectivity index (χ2n) is 1.27. The van der Waals surface area contributed by atoms with Gasteiger partial charge in [-0.3, -0.25) is 4.18 Å². The molecule has 0 radical (unpaired) electrons. The highest BCUT2D eigenvalue weighted by molar-refractivity contribution is 7.81. The minimum atomic E-state index is -3.97. The molecule has 0 saturated carbocycles. The molecule has 9 heavy (non-hydrogen) atoms. The van der Waals surface area contributed by atoms with Gasteiger partial charge in [0.2, 0.25) is 0 Å². The molecule has 0 rings (SSSR count). The van der Waals surface area contributed by atoms with Gasteiger partial charge < -0.3 is 5.11 Å². The van der Waals surface area contributed by atoms with Gasteiger partial charge in [0.1, 0.15) is 0 Å². The van der Waals surface area contributed by atoms with Gasteiger partial charge >= 0.3 is 10.4 Å². The zero-order valence-corrected chi connectivity index (χ0v) is 5.88. The molecule has 0 bridgehead atoms. The van der Waals surface area contributed by atoms with Crippen molar-refractivity contribution in [2.45, 2.75) is 13.2 Å². The number of aliphatic hydroxyl groups excluding tert-OH is 1. The first kappa shape index (κ1) is 8.83. The zero-order valence-electron chi connectivity index (χ0n) is 5.07. The van der Waals surface area contributed by atoms with Crippen molar-refractivity contribution in [1.82, 2.24) is 0 Å². The van der Waals surface area contributed by atoms with Gasteiger partial charge in [-0.05, 0) is 6.92 Å². The maximum Gasteiger partial charge on any atom is 0.402 e. The molecule has 0 aromatic carbocycles. The van der Waals surface area contributed by atoms with E-state index in [9.17, 15) is 8.42 Å². The van der Waals surface area contributed by atoms with Gasteiger partial charge in [0.15, 0.2) is 6.29 Å². The summed E-state index contributed by atoms with van der Waals surface area (Å²) in [6, 6.07) is 0. The number of aliphatic hydroxyl groups is 1. The summed E-state index contributed by atoms with van der Waals surface area (Å²) in [6.45, 7) is 1.16. The predicted octanol–water partition coefficient (Wildman–Crippen LogP) is -0.767. The zero-order chi connectivity index (χ0) is 7.49. The van der Waals surface area contributed by atoms with Crippen LogP contribution in [0, 0.1) is 0 Å². The summed E-state index contributed by atoms with van der Waals surface area (Å²) in [4.78, 5) is 0. The summed E-state index contributed by atoms with van der Waals surface area (Å²) in [5.41, 5.74) is 0. The van der Waals surface area contributed by atoms with Gasteiger partial charge in [0.05, 0.1) is 7.11 Å². The highest BCUT2D eigenvalue weighted by atomic mass is 32.3. The van der Waals surface area contributed by atoms with E-state index in [1.807, 2.05) is 0 Å². The molecule has 0 aliphatic rings. The van der Waals surface area contributed by atoms with Crippen LogP contribution in [0.4, 0.5) is 0 Å². The van der Waals surface area contributed by atoms with E-state index in [-0.39, 0.29) is 0 Å². The minimum Gasteiger partial charge on any atom is -0.367 e. The van der Waals surface area contributed by atoms with E-state index in [1.165, 1.54) is 0 Å². The molecule has 0 aliphatic carbocycles. The van der Waals surface area contributed by atoms with E-state index in [4.69, 9.17) is 5.11 Å². The van der Waals surface area contributed by atoms with E-state index in [1.54, 1.807) is 0 Å². The molecule has 0 saturated heterocycles. The average molecular weight is 156 g/mol. The quantitative estimate of drug-likeness (QED) is 0.543. The first-order valence-electron chi connectivity index (χ1n) is 2.15. The largest absolute Gasteiger partial charge is 0.402 e. The summed E-state index contributed by atoms with van der Waals surface area (Å²) in [6.07, 6.45) is -1.37. The summed E-state index contributed by atoms with van der Waals surface area (Å²) in [5.74, 6) is 0. The van der Waals surface area contributed by atoms with Crippen molar-refractivity contribution < 1.29 is 21.9 Å². The Labute approximate surface area is 53.5 Å². The fourth-order valence-electron chi connectivity index (χ4n) is 0.210. The molecule has 56 valence electrons. The van der Waals surface area contributed by atoms with Crippen LogP contribution in [0.3, 0.4) is 0 Å². The molecule has 0 amide bonds. The molecule has 0 spiro atoms. The maximum absolute atomic E-state index is 10.2. The van der Waals surface area contributed by atoms with Crippen LogP contribution in [-0.4, -0.2) is 26.9 Å².